The molecule has 2 aromatic carbocycles. The van der Waals surface area contributed by atoms with Gasteiger partial charge in [0, 0.05) is 5.56 Å². The Morgan fingerprint density at radius 1 is 0.538 bits per heavy atom. The van der Waals surface area contributed by atoms with Gasteiger partial charge in [0.15, 0.2) is 23.1 Å². The smallest absolute Gasteiger partial charge is 0.201 e. The first-order chi connectivity index (χ1) is 25.3. The van der Waals surface area contributed by atoms with Gasteiger partial charge in [-0.25, -0.2) is 8.78 Å². The van der Waals surface area contributed by atoms with E-state index in [0.29, 0.717) is 16.7 Å². The van der Waals surface area contributed by atoms with Crippen molar-refractivity contribution in [2.24, 2.45) is 11.8 Å². The molecule has 2 aliphatic heterocycles. The van der Waals surface area contributed by atoms with Crippen LogP contribution in [0.3, 0.4) is 0 Å². The Hall–Kier alpha value is -2.50. The summed E-state index contributed by atoms with van der Waals surface area (Å²) in [7, 11) is 0. The number of unbranched alkanes of at least 4 members (excludes halogenated alkanes) is 4. The second-order valence-corrected chi connectivity index (χ2v) is 16.4. The van der Waals surface area contributed by atoms with Gasteiger partial charge in [0.25, 0.3) is 0 Å². The van der Waals surface area contributed by atoms with Crippen LogP contribution in [-0.4, -0.2) is 12.2 Å². The Balaban J connectivity index is 0.000000201. The molecule has 0 amide bonds. The van der Waals surface area contributed by atoms with Crippen LogP contribution in [0.15, 0.2) is 18.2 Å². The Kier molecular flexibility index (Phi) is 15.8. The molecule has 0 aromatic heterocycles. The first-order valence-electron chi connectivity index (χ1n) is 21.3. The van der Waals surface area contributed by atoms with Crippen molar-refractivity contribution >= 4 is 6.08 Å². The average Bonchev–Trinajstić information content (AvgIpc) is 3.16. The zero-order valence-electron chi connectivity index (χ0n) is 32.7. The highest BCUT2D eigenvalue weighted by atomic mass is 19.2. The second-order valence-electron chi connectivity index (χ2n) is 16.4. The van der Waals surface area contributed by atoms with Crippen LogP contribution in [0.25, 0.3) is 6.08 Å². The van der Waals surface area contributed by atoms with Crippen LogP contribution in [0.1, 0.15) is 197 Å². The summed E-state index contributed by atoms with van der Waals surface area (Å²) in [6.07, 6.45) is 28.0. The third-order valence-corrected chi connectivity index (χ3v) is 12.5. The maximum atomic E-state index is 14.8. The van der Waals surface area contributed by atoms with Crippen molar-refractivity contribution in [1.29, 1.82) is 0 Å². The zero-order valence-corrected chi connectivity index (χ0v) is 32.7. The fraction of sp³-hybridized carbons (Fsp3) is 0.696. The van der Waals surface area contributed by atoms with Gasteiger partial charge in [0.2, 0.25) is 11.6 Å². The highest BCUT2D eigenvalue weighted by Gasteiger charge is 2.32. The van der Waals surface area contributed by atoms with Crippen molar-refractivity contribution < 1.29 is 27.0 Å². The Bertz CT molecular complexity index is 1440. The Morgan fingerprint density at radius 3 is 1.62 bits per heavy atom. The van der Waals surface area contributed by atoms with Crippen LogP contribution >= 0.6 is 0 Å². The van der Waals surface area contributed by atoms with Crippen molar-refractivity contribution in [2.45, 2.75) is 193 Å². The first kappa shape index (κ1) is 40.7. The van der Waals surface area contributed by atoms with Crippen molar-refractivity contribution in [3.63, 3.8) is 0 Å². The van der Waals surface area contributed by atoms with E-state index in [2.05, 4.69) is 27.7 Å². The topological polar surface area (TPSA) is 18.5 Å². The standard InChI is InChI=1S/C23H34F2O.C23H32F2O/c2*1-3-5-6-8-16-9-11-17(12-10-16)20-15-18-13-14-19(7-4-2)26-23(18)22(25)21(20)24/h15-17,19H,3-14H2,1-2H3;13-17,19H,3-12H2,1-2H3. The van der Waals surface area contributed by atoms with Crippen molar-refractivity contribution in [3.8, 4) is 11.5 Å². The number of benzene rings is 2. The molecule has 0 N–H and O–H groups in total. The van der Waals surface area contributed by atoms with Crippen LogP contribution in [0, 0.1) is 35.1 Å². The lowest BCUT2D eigenvalue weighted by molar-refractivity contribution is 0.152. The molecule has 290 valence electrons. The molecular weight excluding hydrogens is 660 g/mol. The van der Waals surface area contributed by atoms with Crippen LogP contribution in [0.5, 0.6) is 11.5 Å². The molecule has 0 saturated heterocycles. The number of hydrogen-bond donors (Lipinski definition) is 0. The summed E-state index contributed by atoms with van der Waals surface area (Å²) in [5.74, 6) is -0.757. The fourth-order valence-electron chi connectivity index (χ4n) is 9.28. The normalized spacial score (nSPS) is 25.3. The highest BCUT2D eigenvalue weighted by Crippen LogP contribution is 2.44. The van der Waals surface area contributed by atoms with Crippen LogP contribution in [0.4, 0.5) is 17.6 Å². The van der Waals surface area contributed by atoms with Gasteiger partial charge in [0.1, 0.15) is 6.10 Å². The molecule has 0 bridgehead atoms. The van der Waals surface area contributed by atoms with E-state index in [1.807, 2.05) is 24.3 Å². The highest BCUT2D eigenvalue weighted by molar-refractivity contribution is 5.62. The van der Waals surface area contributed by atoms with Crippen LogP contribution < -0.4 is 9.47 Å². The maximum absolute atomic E-state index is 14.8. The third kappa shape index (κ3) is 10.4. The lowest BCUT2D eigenvalue weighted by Crippen LogP contribution is -2.24. The molecule has 0 spiro atoms. The lowest BCUT2D eigenvalue weighted by Gasteiger charge is -2.31. The summed E-state index contributed by atoms with van der Waals surface area (Å²) in [4.78, 5) is 0. The van der Waals surface area contributed by atoms with E-state index >= 15 is 0 Å². The molecule has 2 aliphatic carbocycles. The van der Waals surface area contributed by atoms with E-state index in [-0.39, 0.29) is 35.5 Å². The van der Waals surface area contributed by atoms with Gasteiger partial charge in [-0.3, -0.25) is 0 Å². The summed E-state index contributed by atoms with van der Waals surface area (Å²) in [6, 6.07) is 3.74. The first-order valence-corrected chi connectivity index (χ1v) is 21.3. The molecule has 2 fully saturated rings. The minimum absolute atomic E-state index is 0.0332. The second kappa shape index (κ2) is 20.3. The minimum Gasteiger partial charge on any atom is -0.487 e. The molecule has 2 saturated carbocycles. The fourth-order valence-corrected chi connectivity index (χ4v) is 9.28. The van der Waals surface area contributed by atoms with Gasteiger partial charge in [0.05, 0.1) is 6.10 Å². The quantitative estimate of drug-likeness (QED) is 0.143. The summed E-state index contributed by atoms with van der Waals surface area (Å²) in [6.45, 7) is 8.62. The van der Waals surface area contributed by atoms with E-state index in [4.69, 9.17) is 9.47 Å². The summed E-state index contributed by atoms with van der Waals surface area (Å²) in [5, 5.41) is 0. The molecule has 2 aromatic rings. The van der Waals surface area contributed by atoms with Gasteiger partial charge in [-0.15, -0.1) is 0 Å². The van der Waals surface area contributed by atoms with E-state index in [0.717, 1.165) is 107 Å². The van der Waals surface area contributed by atoms with Crippen LogP contribution in [0.2, 0.25) is 0 Å². The Morgan fingerprint density at radius 2 is 1.08 bits per heavy atom. The van der Waals surface area contributed by atoms with Crippen LogP contribution in [-0.2, 0) is 6.42 Å². The maximum Gasteiger partial charge on any atom is 0.201 e. The van der Waals surface area contributed by atoms with Gasteiger partial charge in [-0.05, 0) is 136 Å². The molecular formula is C46H66F4O2. The molecule has 2 nitrogen and oxygen atoms in total. The SMILES string of the molecule is CCCCCC1CCC(c2cc3c(c(F)c2F)OC(CCC)C=C3)CC1.CCCCCC1CCC(c2cc3c(c(F)c2F)OC(CCC)CC3)CC1. The molecule has 2 unspecified atom stereocenters. The molecule has 4 aliphatic rings. The number of halogens is 4. The molecule has 2 atom stereocenters. The predicted octanol–water partition coefficient (Wildman–Crippen LogP) is 14.7. The number of aryl methyl sites for hydroxylation is 1. The minimum atomic E-state index is -0.798. The molecule has 6 heteroatoms. The van der Waals surface area contributed by atoms with E-state index in [1.165, 1.54) is 51.4 Å². The summed E-state index contributed by atoms with van der Waals surface area (Å²) >= 11 is 0. The summed E-state index contributed by atoms with van der Waals surface area (Å²) in [5.41, 5.74) is 2.72. The van der Waals surface area contributed by atoms with Gasteiger partial charge in [-0.1, -0.05) is 98.0 Å². The number of ether oxygens (including phenoxy) is 2. The van der Waals surface area contributed by atoms with E-state index in [9.17, 15) is 17.6 Å². The molecule has 2 heterocycles. The van der Waals surface area contributed by atoms with Crippen molar-refractivity contribution in [3.05, 3.63) is 63.7 Å². The van der Waals surface area contributed by atoms with Gasteiger partial charge < -0.3 is 9.47 Å². The zero-order chi connectivity index (χ0) is 37.0. The number of rotatable bonds is 14. The average molecular weight is 727 g/mol. The van der Waals surface area contributed by atoms with E-state index < -0.39 is 23.3 Å². The third-order valence-electron chi connectivity index (χ3n) is 12.5. The predicted molar refractivity (Wildman–Crippen MR) is 206 cm³/mol. The number of hydrogen-bond acceptors (Lipinski definition) is 2. The largest absolute Gasteiger partial charge is 0.487 e. The van der Waals surface area contributed by atoms with Gasteiger partial charge in [-0.2, -0.15) is 8.78 Å². The Labute approximate surface area is 312 Å². The molecule has 0 radical (unpaired) electrons. The summed E-state index contributed by atoms with van der Waals surface area (Å²) < 4.78 is 70.4. The molecule has 6 rings (SSSR count). The lowest BCUT2D eigenvalue weighted by atomic mass is 9.76. The van der Waals surface area contributed by atoms with Gasteiger partial charge >= 0.3 is 0 Å². The van der Waals surface area contributed by atoms with Crippen molar-refractivity contribution in [1.82, 2.24) is 0 Å². The molecule has 52 heavy (non-hydrogen) atoms. The van der Waals surface area contributed by atoms with E-state index in [1.54, 1.807) is 0 Å². The number of fused-ring (bicyclic) bond motifs is 2. The van der Waals surface area contributed by atoms with Crippen molar-refractivity contribution in [2.75, 3.05) is 0 Å². The monoisotopic (exact) mass is 726 g/mol.